The molecule has 1 aliphatic carbocycles. The van der Waals surface area contributed by atoms with Gasteiger partial charge < -0.3 is 5.11 Å². The molecule has 18 heavy (non-hydrogen) atoms. The Morgan fingerprint density at radius 3 is 2.78 bits per heavy atom. The average Bonchev–Trinajstić information content (AvgIpc) is 3.06. The van der Waals surface area contributed by atoms with Crippen molar-refractivity contribution in [2.75, 3.05) is 13.1 Å². The Morgan fingerprint density at radius 2 is 2.22 bits per heavy atom. The van der Waals surface area contributed by atoms with E-state index in [1.54, 1.807) is 19.1 Å². The molecular formula is C14H18FNO2. The molecule has 3 nitrogen and oxygen atoms in total. The Labute approximate surface area is 106 Å². The lowest BCUT2D eigenvalue weighted by Gasteiger charge is -2.20. The Bertz CT molecular complexity index is 443. The first kappa shape index (κ1) is 13.0. The lowest BCUT2D eigenvalue weighted by atomic mass is 10.1. The van der Waals surface area contributed by atoms with Gasteiger partial charge in [0.05, 0.1) is 6.54 Å². The monoisotopic (exact) mass is 251 g/mol. The van der Waals surface area contributed by atoms with E-state index in [1.165, 1.54) is 18.9 Å². The molecular weight excluding hydrogens is 233 g/mol. The lowest BCUT2D eigenvalue weighted by molar-refractivity contribution is -0.138. The zero-order chi connectivity index (χ0) is 13.1. The largest absolute Gasteiger partial charge is 0.480 e. The van der Waals surface area contributed by atoms with Gasteiger partial charge in [-0.15, -0.1) is 0 Å². The Hall–Kier alpha value is -1.42. The summed E-state index contributed by atoms with van der Waals surface area (Å²) in [5.74, 6) is -0.383. The number of aryl methyl sites for hydroxylation is 1. The van der Waals surface area contributed by atoms with Gasteiger partial charge in [-0.25, -0.2) is 4.39 Å². The van der Waals surface area contributed by atoms with Gasteiger partial charge in [-0.2, -0.15) is 0 Å². The molecule has 0 unspecified atom stereocenters. The molecule has 0 atom stereocenters. The second kappa shape index (κ2) is 5.48. The maximum atomic E-state index is 13.2. The minimum Gasteiger partial charge on any atom is -0.480 e. The number of benzene rings is 1. The molecule has 0 spiro atoms. The van der Waals surface area contributed by atoms with Crippen LogP contribution in [0.25, 0.3) is 0 Å². The molecule has 1 aromatic carbocycles. The van der Waals surface area contributed by atoms with Crippen molar-refractivity contribution >= 4 is 5.97 Å². The second-order valence-corrected chi connectivity index (χ2v) is 5.09. The van der Waals surface area contributed by atoms with Crippen LogP contribution in [-0.4, -0.2) is 29.1 Å². The first-order valence-electron chi connectivity index (χ1n) is 6.24. The standard InChI is InChI=1S/C14H18FNO2/c1-10-6-12(4-5-13(10)15)8-16(9-14(17)18)7-11-2-3-11/h4-6,11H,2-3,7-9H2,1H3,(H,17,18). The third-order valence-electron chi connectivity index (χ3n) is 3.20. The summed E-state index contributed by atoms with van der Waals surface area (Å²) < 4.78 is 13.2. The Balaban J connectivity index is 2.01. The van der Waals surface area contributed by atoms with Crippen LogP contribution in [0.15, 0.2) is 18.2 Å². The minimum atomic E-state index is -0.811. The molecule has 0 bridgehead atoms. The molecule has 0 heterocycles. The van der Waals surface area contributed by atoms with E-state index >= 15 is 0 Å². The maximum absolute atomic E-state index is 13.2. The van der Waals surface area contributed by atoms with E-state index in [-0.39, 0.29) is 12.4 Å². The van der Waals surface area contributed by atoms with Crippen LogP contribution in [0.4, 0.5) is 4.39 Å². The quantitative estimate of drug-likeness (QED) is 0.844. The molecule has 1 aliphatic rings. The van der Waals surface area contributed by atoms with E-state index in [4.69, 9.17) is 5.11 Å². The van der Waals surface area contributed by atoms with Crippen LogP contribution in [0, 0.1) is 18.7 Å². The van der Waals surface area contributed by atoms with Gasteiger partial charge in [0.25, 0.3) is 0 Å². The fraction of sp³-hybridized carbons (Fsp3) is 0.500. The van der Waals surface area contributed by atoms with Crippen LogP contribution in [0.5, 0.6) is 0 Å². The van der Waals surface area contributed by atoms with Gasteiger partial charge in [0.2, 0.25) is 0 Å². The number of carboxylic acids is 1. The van der Waals surface area contributed by atoms with Gasteiger partial charge in [-0.3, -0.25) is 9.69 Å². The highest BCUT2D eigenvalue weighted by molar-refractivity contribution is 5.69. The van der Waals surface area contributed by atoms with Crippen LogP contribution in [-0.2, 0) is 11.3 Å². The van der Waals surface area contributed by atoms with Crippen LogP contribution in [0.1, 0.15) is 24.0 Å². The van der Waals surface area contributed by atoms with Crippen LogP contribution in [0.2, 0.25) is 0 Å². The normalized spacial score (nSPS) is 15.1. The predicted octanol–water partition coefficient (Wildman–Crippen LogP) is 2.43. The number of carboxylic acid groups (broad SMARTS) is 1. The Kier molecular flexibility index (Phi) is 3.97. The molecule has 0 radical (unpaired) electrons. The highest BCUT2D eigenvalue weighted by Gasteiger charge is 2.25. The molecule has 0 aliphatic heterocycles. The smallest absolute Gasteiger partial charge is 0.317 e. The highest BCUT2D eigenvalue weighted by Crippen LogP contribution is 2.30. The summed E-state index contributed by atoms with van der Waals surface area (Å²) in [6.45, 7) is 3.17. The minimum absolute atomic E-state index is 0.0485. The van der Waals surface area contributed by atoms with Crippen molar-refractivity contribution < 1.29 is 14.3 Å². The molecule has 98 valence electrons. The molecule has 0 aromatic heterocycles. The van der Waals surface area contributed by atoms with Crippen molar-refractivity contribution in [3.63, 3.8) is 0 Å². The molecule has 1 aromatic rings. The van der Waals surface area contributed by atoms with E-state index in [0.29, 0.717) is 18.0 Å². The third-order valence-corrected chi connectivity index (χ3v) is 3.20. The number of aliphatic carboxylic acids is 1. The summed E-state index contributed by atoms with van der Waals surface area (Å²) in [5, 5.41) is 8.89. The first-order valence-corrected chi connectivity index (χ1v) is 6.24. The summed E-state index contributed by atoms with van der Waals surface area (Å²) in [6, 6.07) is 4.96. The van der Waals surface area contributed by atoms with E-state index in [1.807, 2.05) is 4.90 Å². The van der Waals surface area contributed by atoms with Crippen LogP contribution >= 0.6 is 0 Å². The van der Waals surface area contributed by atoms with Gasteiger partial charge in [0.1, 0.15) is 5.82 Å². The van der Waals surface area contributed by atoms with Crippen LogP contribution < -0.4 is 0 Å². The molecule has 0 amide bonds. The summed E-state index contributed by atoms with van der Waals surface area (Å²) in [4.78, 5) is 12.7. The molecule has 1 saturated carbocycles. The van der Waals surface area contributed by atoms with Crippen molar-refractivity contribution in [3.05, 3.63) is 35.1 Å². The molecule has 1 fully saturated rings. The van der Waals surface area contributed by atoms with Gasteiger partial charge in [0.15, 0.2) is 0 Å². The zero-order valence-corrected chi connectivity index (χ0v) is 10.5. The van der Waals surface area contributed by atoms with Gasteiger partial charge >= 0.3 is 5.97 Å². The number of hydrogen-bond acceptors (Lipinski definition) is 2. The van der Waals surface area contributed by atoms with Crippen molar-refractivity contribution in [3.8, 4) is 0 Å². The van der Waals surface area contributed by atoms with Crippen molar-refractivity contribution in [2.24, 2.45) is 5.92 Å². The number of nitrogens with zero attached hydrogens (tertiary/aromatic N) is 1. The molecule has 4 heteroatoms. The van der Waals surface area contributed by atoms with E-state index in [2.05, 4.69) is 0 Å². The first-order chi connectivity index (χ1) is 8.54. The molecule has 0 saturated heterocycles. The second-order valence-electron chi connectivity index (χ2n) is 5.09. The SMILES string of the molecule is Cc1cc(CN(CC(=O)O)CC2CC2)ccc1F. The molecule has 1 N–H and O–H groups in total. The summed E-state index contributed by atoms with van der Waals surface area (Å²) in [7, 11) is 0. The fourth-order valence-corrected chi connectivity index (χ4v) is 2.11. The number of carbonyl (C=O) groups is 1. The van der Waals surface area contributed by atoms with Crippen molar-refractivity contribution in [1.29, 1.82) is 0 Å². The Morgan fingerprint density at radius 1 is 1.50 bits per heavy atom. The maximum Gasteiger partial charge on any atom is 0.317 e. The molecule has 2 rings (SSSR count). The number of hydrogen-bond donors (Lipinski definition) is 1. The van der Waals surface area contributed by atoms with Crippen molar-refractivity contribution in [1.82, 2.24) is 4.90 Å². The highest BCUT2D eigenvalue weighted by atomic mass is 19.1. The number of halogens is 1. The van der Waals surface area contributed by atoms with Crippen molar-refractivity contribution in [2.45, 2.75) is 26.3 Å². The van der Waals surface area contributed by atoms with Gasteiger partial charge in [0, 0.05) is 13.1 Å². The summed E-state index contributed by atoms with van der Waals surface area (Å²) >= 11 is 0. The summed E-state index contributed by atoms with van der Waals surface area (Å²) in [5.41, 5.74) is 1.57. The number of rotatable bonds is 6. The van der Waals surface area contributed by atoms with E-state index in [9.17, 15) is 9.18 Å². The fourth-order valence-electron chi connectivity index (χ4n) is 2.11. The van der Waals surface area contributed by atoms with E-state index < -0.39 is 5.97 Å². The average molecular weight is 251 g/mol. The predicted molar refractivity (Wildman–Crippen MR) is 66.8 cm³/mol. The topological polar surface area (TPSA) is 40.5 Å². The summed E-state index contributed by atoms with van der Waals surface area (Å²) in [6.07, 6.45) is 2.39. The zero-order valence-electron chi connectivity index (χ0n) is 10.5. The van der Waals surface area contributed by atoms with Crippen LogP contribution in [0.3, 0.4) is 0 Å². The van der Waals surface area contributed by atoms with E-state index in [0.717, 1.165) is 12.1 Å². The van der Waals surface area contributed by atoms with Gasteiger partial charge in [-0.1, -0.05) is 12.1 Å². The lowest BCUT2D eigenvalue weighted by Crippen LogP contribution is -2.31. The van der Waals surface area contributed by atoms with Gasteiger partial charge in [-0.05, 0) is 42.9 Å². The third kappa shape index (κ3) is 3.81.